The van der Waals surface area contributed by atoms with Gasteiger partial charge in [-0.15, -0.1) is 0 Å². The Morgan fingerprint density at radius 2 is 2.05 bits per heavy atom. The van der Waals surface area contributed by atoms with Crippen LogP contribution in [0.2, 0.25) is 0 Å². The van der Waals surface area contributed by atoms with Crippen LogP contribution in [-0.4, -0.2) is 48.9 Å². The minimum absolute atomic E-state index is 0.200. The van der Waals surface area contributed by atoms with Crippen molar-refractivity contribution in [1.29, 1.82) is 0 Å². The van der Waals surface area contributed by atoms with E-state index in [1.807, 2.05) is 0 Å². The molecule has 2 rings (SSSR count). The number of benzene rings is 1. The molecule has 1 aliphatic rings. The summed E-state index contributed by atoms with van der Waals surface area (Å²) >= 11 is 0. The van der Waals surface area contributed by atoms with E-state index in [4.69, 9.17) is 5.73 Å². The van der Waals surface area contributed by atoms with Crippen molar-refractivity contribution in [3.05, 3.63) is 29.6 Å². The van der Waals surface area contributed by atoms with Gasteiger partial charge in [-0.25, -0.2) is 4.39 Å². The normalized spacial score (nSPS) is 17.4. The number of carbonyl (C=O) groups excluding carboxylic acids is 1. The molecule has 1 fully saturated rings. The third-order valence-electron chi connectivity index (χ3n) is 3.80. The van der Waals surface area contributed by atoms with E-state index in [2.05, 4.69) is 11.9 Å². The zero-order valence-corrected chi connectivity index (χ0v) is 11.4. The number of halogens is 1. The van der Waals surface area contributed by atoms with Crippen molar-refractivity contribution in [3.8, 4) is 0 Å². The Kier molecular flexibility index (Phi) is 4.04. The Bertz CT molecular complexity index is 470. The highest BCUT2D eigenvalue weighted by molar-refractivity contribution is 5.99. The first-order chi connectivity index (χ1) is 8.99. The molecule has 0 aliphatic carbocycles. The second kappa shape index (κ2) is 5.57. The fourth-order valence-electron chi connectivity index (χ4n) is 2.45. The summed E-state index contributed by atoms with van der Waals surface area (Å²) in [6, 6.07) is 4.11. The van der Waals surface area contributed by atoms with Gasteiger partial charge in [-0.2, -0.15) is 0 Å². The Hall–Kier alpha value is -1.62. The van der Waals surface area contributed by atoms with Gasteiger partial charge in [-0.1, -0.05) is 0 Å². The van der Waals surface area contributed by atoms with Crippen LogP contribution in [0.3, 0.4) is 0 Å². The van der Waals surface area contributed by atoms with Crippen molar-refractivity contribution >= 4 is 11.6 Å². The summed E-state index contributed by atoms with van der Waals surface area (Å²) < 4.78 is 13.2. The summed E-state index contributed by atoms with van der Waals surface area (Å²) in [6.45, 7) is 1.95. The molecule has 1 heterocycles. The maximum Gasteiger partial charge on any atom is 0.256 e. The Morgan fingerprint density at radius 1 is 1.42 bits per heavy atom. The monoisotopic (exact) mass is 265 g/mol. The summed E-state index contributed by atoms with van der Waals surface area (Å²) in [4.78, 5) is 16.3. The predicted octanol–water partition coefficient (Wildman–Crippen LogP) is 1.57. The van der Waals surface area contributed by atoms with Crippen LogP contribution >= 0.6 is 0 Å². The van der Waals surface area contributed by atoms with Gasteiger partial charge >= 0.3 is 0 Å². The highest BCUT2D eigenvalue weighted by atomic mass is 19.1. The fraction of sp³-hybridized carbons (Fsp3) is 0.500. The number of piperidine rings is 1. The minimum atomic E-state index is -0.436. The number of anilines is 1. The van der Waals surface area contributed by atoms with Crippen molar-refractivity contribution < 1.29 is 9.18 Å². The standard InChI is InChI=1S/C14H20FN3O/c1-17-7-5-11(6-8-17)18(2)14(19)12-9-10(15)3-4-13(12)16/h3-4,9,11H,5-8,16H2,1-2H3. The lowest BCUT2D eigenvalue weighted by molar-refractivity contribution is 0.0660. The molecular formula is C14H20FN3O. The number of nitrogens with zero attached hydrogens (tertiary/aromatic N) is 2. The lowest BCUT2D eigenvalue weighted by atomic mass is 10.0. The van der Waals surface area contributed by atoms with E-state index in [0.717, 1.165) is 25.9 Å². The van der Waals surface area contributed by atoms with Gasteiger partial charge in [-0.3, -0.25) is 4.79 Å². The molecule has 1 aliphatic heterocycles. The molecule has 4 nitrogen and oxygen atoms in total. The van der Waals surface area contributed by atoms with Crippen molar-refractivity contribution in [1.82, 2.24) is 9.80 Å². The van der Waals surface area contributed by atoms with Gasteiger partial charge in [0.1, 0.15) is 5.82 Å². The topological polar surface area (TPSA) is 49.6 Å². The maximum absolute atomic E-state index is 13.2. The summed E-state index contributed by atoms with van der Waals surface area (Å²) in [7, 11) is 3.84. The molecule has 0 spiro atoms. The van der Waals surface area contributed by atoms with E-state index in [1.165, 1.54) is 18.2 Å². The van der Waals surface area contributed by atoms with E-state index >= 15 is 0 Å². The molecular weight excluding hydrogens is 245 g/mol. The molecule has 1 aromatic rings. The number of carbonyl (C=O) groups is 1. The SMILES string of the molecule is CN1CCC(N(C)C(=O)c2cc(F)ccc2N)CC1. The summed E-state index contributed by atoms with van der Waals surface area (Å²) in [5.41, 5.74) is 6.33. The molecule has 1 aromatic carbocycles. The number of likely N-dealkylation sites (tertiary alicyclic amines) is 1. The Morgan fingerprint density at radius 3 is 2.68 bits per heavy atom. The van der Waals surface area contributed by atoms with Crippen molar-refractivity contribution in [2.75, 3.05) is 32.9 Å². The van der Waals surface area contributed by atoms with E-state index < -0.39 is 5.82 Å². The van der Waals surface area contributed by atoms with Gasteiger partial charge in [0.25, 0.3) is 5.91 Å². The Labute approximate surface area is 113 Å². The average Bonchev–Trinajstić information content (AvgIpc) is 2.41. The predicted molar refractivity (Wildman–Crippen MR) is 73.4 cm³/mol. The van der Waals surface area contributed by atoms with Gasteiger partial charge in [-0.05, 0) is 51.2 Å². The van der Waals surface area contributed by atoms with Gasteiger partial charge in [0.2, 0.25) is 0 Å². The number of nitrogen functional groups attached to an aromatic ring is 1. The lowest BCUT2D eigenvalue weighted by Crippen LogP contribution is -2.44. The Balaban J connectivity index is 2.12. The lowest BCUT2D eigenvalue weighted by Gasteiger charge is -2.35. The van der Waals surface area contributed by atoms with Crippen molar-refractivity contribution in [3.63, 3.8) is 0 Å². The van der Waals surface area contributed by atoms with Crippen LogP contribution in [0.15, 0.2) is 18.2 Å². The van der Waals surface area contributed by atoms with Crippen molar-refractivity contribution in [2.45, 2.75) is 18.9 Å². The minimum Gasteiger partial charge on any atom is -0.398 e. The molecule has 19 heavy (non-hydrogen) atoms. The van der Waals surface area contributed by atoms with E-state index in [1.54, 1.807) is 11.9 Å². The van der Waals surface area contributed by atoms with Gasteiger partial charge in [0.15, 0.2) is 0 Å². The highest BCUT2D eigenvalue weighted by Crippen LogP contribution is 2.20. The average molecular weight is 265 g/mol. The molecule has 5 heteroatoms. The zero-order chi connectivity index (χ0) is 14.0. The summed E-state index contributed by atoms with van der Waals surface area (Å²) in [6.07, 6.45) is 1.88. The van der Waals surface area contributed by atoms with Crippen LogP contribution in [-0.2, 0) is 0 Å². The molecule has 0 unspecified atom stereocenters. The molecule has 1 amide bonds. The van der Waals surface area contributed by atoms with Crippen LogP contribution in [0.1, 0.15) is 23.2 Å². The molecule has 0 radical (unpaired) electrons. The van der Waals surface area contributed by atoms with Crippen LogP contribution in [0.4, 0.5) is 10.1 Å². The number of nitrogens with two attached hydrogens (primary N) is 1. The smallest absolute Gasteiger partial charge is 0.256 e. The number of hydrogen-bond acceptors (Lipinski definition) is 3. The number of rotatable bonds is 2. The first kappa shape index (κ1) is 13.8. The first-order valence-corrected chi connectivity index (χ1v) is 6.50. The molecule has 0 bridgehead atoms. The third-order valence-corrected chi connectivity index (χ3v) is 3.80. The first-order valence-electron chi connectivity index (χ1n) is 6.50. The van der Waals surface area contributed by atoms with Gasteiger partial charge < -0.3 is 15.5 Å². The van der Waals surface area contributed by atoms with Gasteiger partial charge in [0, 0.05) is 18.8 Å². The van der Waals surface area contributed by atoms with E-state index in [0.29, 0.717) is 5.69 Å². The zero-order valence-electron chi connectivity index (χ0n) is 11.4. The van der Waals surface area contributed by atoms with Gasteiger partial charge in [0.05, 0.1) is 5.56 Å². The number of hydrogen-bond donors (Lipinski definition) is 1. The quantitative estimate of drug-likeness (QED) is 0.826. The maximum atomic E-state index is 13.2. The van der Waals surface area contributed by atoms with Crippen LogP contribution < -0.4 is 5.73 Å². The molecule has 104 valence electrons. The fourth-order valence-corrected chi connectivity index (χ4v) is 2.45. The summed E-state index contributed by atoms with van der Waals surface area (Å²) in [5, 5.41) is 0. The number of amides is 1. The van der Waals surface area contributed by atoms with Crippen molar-refractivity contribution in [2.24, 2.45) is 0 Å². The van der Waals surface area contributed by atoms with E-state index in [-0.39, 0.29) is 17.5 Å². The molecule has 2 N–H and O–H groups in total. The third kappa shape index (κ3) is 3.04. The van der Waals surface area contributed by atoms with E-state index in [9.17, 15) is 9.18 Å². The summed E-state index contributed by atoms with van der Waals surface area (Å²) in [5.74, 6) is -0.638. The second-order valence-electron chi connectivity index (χ2n) is 5.18. The molecule has 1 saturated heterocycles. The molecule has 0 saturated carbocycles. The molecule has 0 atom stereocenters. The molecule has 0 aromatic heterocycles. The highest BCUT2D eigenvalue weighted by Gasteiger charge is 2.25. The second-order valence-corrected chi connectivity index (χ2v) is 5.18. The van der Waals surface area contributed by atoms with Crippen LogP contribution in [0.25, 0.3) is 0 Å². The largest absolute Gasteiger partial charge is 0.398 e. The van der Waals surface area contributed by atoms with Crippen LogP contribution in [0, 0.1) is 5.82 Å². The van der Waals surface area contributed by atoms with Crippen LogP contribution in [0.5, 0.6) is 0 Å².